The molecule has 1 fully saturated rings. The Morgan fingerprint density at radius 2 is 1.86 bits per heavy atom. The molecule has 1 saturated heterocycles. The normalized spacial score (nSPS) is 13.7. The molecule has 1 aliphatic rings. The van der Waals surface area contributed by atoms with Crippen LogP contribution in [0, 0.1) is 0 Å². The number of benzene rings is 2. The van der Waals surface area contributed by atoms with Crippen molar-refractivity contribution < 1.29 is 19.1 Å². The summed E-state index contributed by atoms with van der Waals surface area (Å²) in [6.07, 6.45) is 0. The van der Waals surface area contributed by atoms with Crippen molar-refractivity contribution in [1.82, 2.24) is 4.90 Å². The quantitative estimate of drug-likeness (QED) is 0.778. The first-order valence-electron chi connectivity index (χ1n) is 9.76. The van der Waals surface area contributed by atoms with Crippen molar-refractivity contribution in [3.05, 3.63) is 54.1 Å². The van der Waals surface area contributed by atoms with E-state index in [9.17, 15) is 9.59 Å². The van der Waals surface area contributed by atoms with Crippen molar-refractivity contribution in [2.45, 2.75) is 6.92 Å². The number of likely N-dealkylation sites (N-methyl/N-ethyl adjacent to an activating group) is 1. The number of ether oxygens (including phenoxy) is 2. The summed E-state index contributed by atoms with van der Waals surface area (Å²) in [6.45, 7) is 5.45. The molecule has 2 aromatic rings. The third kappa shape index (κ3) is 5.48. The van der Waals surface area contributed by atoms with Crippen molar-refractivity contribution in [1.29, 1.82) is 0 Å². The number of methoxy groups -OCH3 is 1. The lowest BCUT2D eigenvalue weighted by Crippen LogP contribution is -2.38. The molecule has 154 valence electrons. The molecule has 0 bridgehead atoms. The van der Waals surface area contributed by atoms with Gasteiger partial charge in [-0.05, 0) is 49.4 Å². The molecule has 2 amide bonds. The van der Waals surface area contributed by atoms with E-state index in [0.29, 0.717) is 23.5 Å². The first-order chi connectivity index (χ1) is 14.1. The second kappa shape index (κ2) is 9.93. The molecule has 2 aromatic carbocycles. The van der Waals surface area contributed by atoms with Crippen LogP contribution < -0.4 is 15.0 Å². The van der Waals surface area contributed by atoms with Crippen LogP contribution in [0.2, 0.25) is 0 Å². The summed E-state index contributed by atoms with van der Waals surface area (Å²) in [7, 11) is 1.55. The van der Waals surface area contributed by atoms with Crippen molar-refractivity contribution in [3.63, 3.8) is 0 Å². The molecule has 0 spiro atoms. The third-order valence-corrected chi connectivity index (χ3v) is 4.85. The highest BCUT2D eigenvalue weighted by Gasteiger charge is 2.18. The second-order valence-electron chi connectivity index (χ2n) is 6.75. The highest BCUT2D eigenvalue weighted by atomic mass is 16.5. The molecular weight excluding hydrogens is 370 g/mol. The number of rotatable bonds is 7. The Balaban J connectivity index is 1.58. The van der Waals surface area contributed by atoms with Gasteiger partial charge in [0.15, 0.2) is 0 Å². The van der Waals surface area contributed by atoms with Crippen LogP contribution in [-0.2, 0) is 9.53 Å². The number of nitrogens with zero attached hydrogens (tertiary/aromatic N) is 2. The molecule has 0 unspecified atom stereocenters. The summed E-state index contributed by atoms with van der Waals surface area (Å²) in [5.41, 5.74) is 2.31. The molecule has 0 aliphatic carbocycles. The Hall–Kier alpha value is -3.06. The number of carbonyl (C=O) groups is 2. The van der Waals surface area contributed by atoms with Gasteiger partial charge in [0.2, 0.25) is 5.91 Å². The maximum absolute atomic E-state index is 12.7. The maximum Gasteiger partial charge on any atom is 0.254 e. The molecule has 29 heavy (non-hydrogen) atoms. The molecule has 7 nitrogen and oxygen atoms in total. The van der Waals surface area contributed by atoms with Gasteiger partial charge in [-0.15, -0.1) is 0 Å². The van der Waals surface area contributed by atoms with Crippen molar-refractivity contribution in [2.24, 2.45) is 0 Å². The molecule has 1 heterocycles. The third-order valence-electron chi connectivity index (χ3n) is 4.85. The van der Waals surface area contributed by atoms with Gasteiger partial charge in [-0.3, -0.25) is 9.59 Å². The van der Waals surface area contributed by atoms with Gasteiger partial charge in [0, 0.05) is 36.6 Å². The summed E-state index contributed by atoms with van der Waals surface area (Å²) in [5, 5.41) is 2.87. The zero-order valence-electron chi connectivity index (χ0n) is 16.9. The van der Waals surface area contributed by atoms with E-state index in [0.717, 1.165) is 32.0 Å². The van der Waals surface area contributed by atoms with Crippen LogP contribution in [0.25, 0.3) is 0 Å². The van der Waals surface area contributed by atoms with E-state index in [4.69, 9.17) is 9.47 Å². The van der Waals surface area contributed by atoms with E-state index in [1.807, 2.05) is 31.2 Å². The summed E-state index contributed by atoms with van der Waals surface area (Å²) < 4.78 is 10.5. The molecule has 0 atom stereocenters. The zero-order chi connectivity index (χ0) is 20.6. The van der Waals surface area contributed by atoms with Gasteiger partial charge < -0.3 is 24.6 Å². The Kier molecular flexibility index (Phi) is 7.08. The van der Waals surface area contributed by atoms with Crippen molar-refractivity contribution >= 4 is 23.2 Å². The second-order valence-corrected chi connectivity index (χ2v) is 6.75. The molecule has 1 aliphatic heterocycles. The van der Waals surface area contributed by atoms with Crippen molar-refractivity contribution in [3.8, 4) is 5.75 Å². The fourth-order valence-electron chi connectivity index (χ4n) is 3.22. The van der Waals surface area contributed by atoms with Gasteiger partial charge in [-0.1, -0.05) is 6.07 Å². The first kappa shape index (κ1) is 20.7. The highest BCUT2D eigenvalue weighted by molar-refractivity contribution is 5.99. The largest absolute Gasteiger partial charge is 0.497 e. The topological polar surface area (TPSA) is 71.1 Å². The van der Waals surface area contributed by atoms with E-state index >= 15 is 0 Å². The Morgan fingerprint density at radius 1 is 1.14 bits per heavy atom. The SMILES string of the molecule is CCN(CC(=O)Nc1ccc(N2CCOCC2)cc1)C(=O)c1cccc(OC)c1. The Bertz CT molecular complexity index is 832. The first-order valence-corrected chi connectivity index (χ1v) is 9.76. The van der Waals surface area contributed by atoms with Crippen molar-refractivity contribution in [2.75, 3.05) is 56.7 Å². The molecule has 0 aromatic heterocycles. The lowest BCUT2D eigenvalue weighted by atomic mass is 10.2. The smallest absolute Gasteiger partial charge is 0.254 e. The average molecular weight is 397 g/mol. The molecule has 0 radical (unpaired) electrons. The van der Waals surface area contributed by atoms with Gasteiger partial charge in [-0.2, -0.15) is 0 Å². The van der Waals surface area contributed by atoms with E-state index in [-0.39, 0.29) is 18.4 Å². The fraction of sp³-hybridized carbons (Fsp3) is 0.364. The van der Waals surface area contributed by atoms with Gasteiger partial charge in [0.05, 0.1) is 20.3 Å². The van der Waals surface area contributed by atoms with E-state index in [1.54, 1.807) is 31.4 Å². The minimum atomic E-state index is -0.234. The van der Waals surface area contributed by atoms with Crippen LogP contribution in [0.1, 0.15) is 17.3 Å². The summed E-state index contributed by atoms with van der Waals surface area (Å²) in [4.78, 5) is 29.0. The number of hydrogen-bond donors (Lipinski definition) is 1. The number of amides is 2. The predicted molar refractivity (Wildman–Crippen MR) is 113 cm³/mol. The van der Waals surface area contributed by atoms with Gasteiger partial charge in [-0.25, -0.2) is 0 Å². The molecule has 1 N–H and O–H groups in total. The minimum absolute atomic E-state index is 0.0161. The molecule has 7 heteroatoms. The van der Waals surface area contributed by atoms with E-state index in [2.05, 4.69) is 10.2 Å². The van der Waals surface area contributed by atoms with Gasteiger partial charge >= 0.3 is 0 Å². The molecule has 0 saturated carbocycles. The van der Waals surface area contributed by atoms with Crippen LogP contribution in [0.3, 0.4) is 0 Å². The monoisotopic (exact) mass is 397 g/mol. The van der Waals surface area contributed by atoms with Crippen LogP contribution in [0.4, 0.5) is 11.4 Å². The van der Waals surface area contributed by atoms with Crippen LogP contribution in [0.5, 0.6) is 5.75 Å². The lowest BCUT2D eigenvalue weighted by Gasteiger charge is -2.29. The average Bonchev–Trinajstić information content (AvgIpc) is 2.78. The van der Waals surface area contributed by atoms with Crippen LogP contribution >= 0.6 is 0 Å². The van der Waals surface area contributed by atoms with Crippen LogP contribution in [-0.4, -0.2) is 63.2 Å². The number of carbonyl (C=O) groups excluding carboxylic acids is 2. The number of morpholine rings is 1. The maximum atomic E-state index is 12.7. The number of hydrogen-bond acceptors (Lipinski definition) is 5. The zero-order valence-corrected chi connectivity index (χ0v) is 16.9. The summed E-state index contributed by atoms with van der Waals surface area (Å²) in [6, 6.07) is 14.7. The Morgan fingerprint density at radius 3 is 2.52 bits per heavy atom. The van der Waals surface area contributed by atoms with Gasteiger partial charge in [0.1, 0.15) is 12.3 Å². The van der Waals surface area contributed by atoms with Crippen LogP contribution in [0.15, 0.2) is 48.5 Å². The summed E-state index contributed by atoms with van der Waals surface area (Å²) >= 11 is 0. The highest BCUT2D eigenvalue weighted by Crippen LogP contribution is 2.19. The number of anilines is 2. The van der Waals surface area contributed by atoms with E-state index < -0.39 is 0 Å². The Labute approximate surface area is 171 Å². The molecule has 3 rings (SSSR count). The molecular formula is C22H27N3O4. The van der Waals surface area contributed by atoms with E-state index in [1.165, 1.54) is 4.90 Å². The minimum Gasteiger partial charge on any atom is -0.497 e. The summed E-state index contributed by atoms with van der Waals surface area (Å²) in [5.74, 6) is 0.170. The standard InChI is InChI=1S/C22H27N3O4/c1-3-24(22(27)17-5-4-6-20(15-17)28-2)16-21(26)23-18-7-9-19(10-8-18)25-11-13-29-14-12-25/h4-10,15H,3,11-14,16H2,1-2H3,(H,23,26). The van der Waals surface area contributed by atoms with Gasteiger partial charge in [0.25, 0.3) is 5.91 Å². The number of nitrogens with one attached hydrogen (secondary N) is 1. The fourth-order valence-corrected chi connectivity index (χ4v) is 3.22. The lowest BCUT2D eigenvalue weighted by molar-refractivity contribution is -0.116. The predicted octanol–water partition coefficient (Wildman–Crippen LogP) is 2.63.